The summed E-state index contributed by atoms with van der Waals surface area (Å²) in [5.41, 5.74) is 2.28. The second kappa shape index (κ2) is 17.3. The van der Waals surface area contributed by atoms with Gasteiger partial charge in [0.2, 0.25) is 5.56 Å². The number of fused-ring (bicyclic) bond motifs is 4. The molecular formula is C39H46N4O8. The molecule has 12 nitrogen and oxygen atoms in total. The molecule has 3 atom stereocenters. The quantitative estimate of drug-likeness (QED) is 0.0829. The van der Waals surface area contributed by atoms with Crippen LogP contribution in [0.25, 0.3) is 10.9 Å². The molecule has 3 aliphatic heterocycles. The summed E-state index contributed by atoms with van der Waals surface area (Å²) in [6, 6.07) is 22.6. The zero-order valence-electron chi connectivity index (χ0n) is 28.6. The maximum atomic E-state index is 13.1. The van der Waals surface area contributed by atoms with Gasteiger partial charge in [0.15, 0.2) is 6.61 Å². The van der Waals surface area contributed by atoms with E-state index in [0.29, 0.717) is 47.6 Å². The van der Waals surface area contributed by atoms with E-state index in [1.807, 2.05) is 48.5 Å². The average Bonchev–Trinajstić information content (AvgIpc) is 3.15. The molecule has 0 saturated carbocycles. The third-order valence-corrected chi connectivity index (χ3v) is 9.66. The van der Waals surface area contributed by atoms with E-state index in [4.69, 9.17) is 14.2 Å². The largest absolute Gasteiger partial charge is 0.506 e. The highest BCUT2D eigenvalue weighted by Crippen LogP contribution is 2.31. The number of aromatic hydroxyl groups is 1. The van der Waals surface area contributed by atoms with E-state index in [9.17, 15) is 24.6 Å². The number of H-pyrrole nitrogens is 1. The summed E-state index contributed by atoms with van der Waals surface area (Å²) < 4.78 is 17.1. The predicted octanol–water partition coefficient (Wildman–Crippen LogP) is 4.56. The van der Waals surface area contributed by atoms with Gasteiger partial charge in [0, 0.05) is 24.5 Å². The number of alkyl carbamates (subject to hydrolysis) is 1. The van der Waals surface area contributed by atoms with E-state index in [0.717, 1.165) is 56.4 Å². The van der Waals surface area contributed by atoms with Gasteiger partial charge in [-0.1, -0.05) is 48.5 Å². The second-order valence-electron chi connectivity index (χ2n) is 13.2. The lowest BCUT2D eigenvalue weighted by Crippen LogP contribution is -2.52. The minimum atomic E-state index is -0.822. The summed E-state index contributed by atoms with van der Waals surface area (Å²) in [6.07, 6.45) is 3.06. The van der Waals surface area contributed by atoms with E-state index >= 15 is 0 Å². The Kier molecular flexibility index (Phi) is 12.2. The zero-order chi connectivity index (χ0) is 35.6. The van der Waals surface area contributed by atoms with Crippen molar-refractivity contribution in [3.8, 4) is 11.5 Å². The van der Waals surface area contributed by atoms with E-state index in [-0.39, 0.29) is 30.6 Å². The van der Waals surface area contributed by atoms with Gasteiger partial charge in [-0.15, -0.1) is 0 Å². The van der Waals surface area contributed by atoms with E-state index in [1.165, 1.54) is 12.1 Å². The molecule has 7 rings (SSSR count). The van der Waals surface area contributed by atoms with Gasteiger partial charge in [-0.3, -0.25) is 9.69 Å². The molecule has 0 aliphatic carbocycles. The number of aliphatic hydroxyl groups is 1. The van der Waals surface area contributed by atoms with Crippen LogP contribution in [0.3, 0.4) is 0 Å². The first kappa shape index (κ1) is 35.9. The number of esters is 1. The SMILES string of the molecule is O=C(COc1cccc(C(NC(=O)O[C@H]2CN3CCC2CC3)c2ccccc2)c1)OCCCCCNC[C@H](O)c1ccc(O)c2[nH]c(=O)ccc12. The number of nitrogens with zero attached hydrogens (tertiary/aromatic N) is 1. The van der Waals surface area contributed by atoms with Crippen molar-refractivity contribution in [1.82, 2.24) is 20.5 Å². The number of ether oxygens (including phenoxy) is 3. The molecule has 270 valence electrons. The highest BCUT2D eigenvalue weighted by atomic mass is 16.6. The number of hydrogen-bond acceptors (Lipinski definition) is 10. The van der Waals surface area contributed by atoms with Crippen LogP contribution in [0.5, 0.6) is 11.5 Å². The van der Waals surface area contributed by atoms with Gasteiger partial charge in [0.05, 0.1) is 24.3 Å². The van der Waals surface area contributed by atoms with Crippen molar-refractivity contribution in [3.63, 3.8) is 0 Å². The smallest absolute Gasteiger partial charge is 0.408 e. The van der Waals surface area contributed by atoms with Crippen molar-refractivity contribution in [2.45, 2.75) is 50.4 Å². The van der Waals surface area contributed by atoms with E-state index in [1.54, 1.807) is 18.2 Å². The Balaban J connectivity index is 0.903. The first-order chi connectivity index (χ1) is 24.8. The van der Waals surface area contributed by atoms with Crippen molar-refractivity contribution in [2.75, 3.05) is 45.9 Å². The normalized spacial score (nSPS) is 19.3. The number of carbonyl (C=O) groups is 2. The van der Waals surface area contributed by atoms with Crippen LogP contribution >= 0.6 is 0 Å². The lowest BCUT2D eigenvalue weighted by molar-refractivity contribution is -0.146. The van der Waals surface area contributed by atoms with Gasteiger partial charge in [0.1, 0.15) is 17.6 Å². The number of pyridine rings is 1. The minimum Gasteiger partial charge on any atom is -0.506 e. The summed E-state index contributed by atoms with van der Waals surface area (Å²) in [5.74, 6) is 0.376. The van der Waals surface area contributed by atoms with Crippen molar-refractivity contribution in [2.24, 2.45) is 5.92 Å². The monoisotopic (exact) mass is 698 g/mol. The highest BCUT2D eigenvalue weighted by molar-refractivity contribution is 5.87. The number of aromatic nitrogens is 1. The lowest BCUT2D eigenvalue weighted by atomic mass is 9.86. The Hall–Kier alpha value is -4.91. The third-order valence-electron chi connectivity index (χ3n) is 9.66. The van der Waals surface area contributed by atoms with Crippen LogP contribution in [-0.2, 0) is 14.3 Å². The molecular weight excluding hydrogens is 652 g/mol. The van der Waals surface area contributed by atoms with Crippen LogP contribution in [-0.4, -0.2) is 84.2 Å². The van der Waals surface area contributed by atoms with Crippen LogP contribution in [0.2, 0.25) is 0 Å². The molecule has 4 heterocycles. The fourth-order valence-electron chi connectivity index (χ4n) is 6.92. The zero-order valence-corrected chi connectivity index (χ0v) is 28.6. The number of piperidine rings is 3. The number of amides is 1. The number of carbonyl (C=O) groups excluding carboxylic acids is 2. The Bertz CT molecular complexity index is 1830. The fraction of sp³-hybridized carbons (Fsp3) is 0.410. The molecule has 3 saturated heterocycles. The molecule has 4 aromatic rings. The summed E-state index contributed by atoms with van der Waals surface area (Å²) in [7, 11) is 0. The Morgan fingerprint density at radius 3 is 2.53 bits per heavy atom. The standard InChI is InChI=1S/C39H46N4O8/c44-32-14-12-30(31-13-15-35(46)41-38(31)32)33(45)23-40-18-5-2-6-21-49-36(47)25-50-29-11-7-10-28(22-29)37(27-8-3-1-4-9-27)42-39(48)51-34-24-43-19-16-26(34)17-20-43/h1,3-4,7-15,22,26,33-34,37,40,44-45H,2,5-6,16-21,23-25H2,(H,41,46)(H,42,48)/t33-,34-,37?/m0/s1. The van der Waals surface area contributed by atoms with Gasteiger partial charge in [-0.05, 0) is 98.6 Å². The molecule has 3 aromatic carbocycles. The van der Waals surface area contributed by atoms with E-state index in [2.05, 4.69) is 20.5 Å². The van der Waals surface area contributed by atoms with Crippen molar-refractivity contribution in [3.05, 3.63) is 106 Å². The highest BCUT2D eigenvalue weighted by Gasteiger charge is 2.37. The summed E-state index contributed by atoms with van der Waals surface area (Å²) in [6.45, 7) is 3.91. The van der Waals surface area contributed by atoms with Gasteiger partial charge in [0.25, 0.3) is 0 Å². The molecule has 3 aliphatic rings. The van der Waals surface area contributed by atoms with Gasteiger partial charge in [-0.25, -0.2) is 9.59 Å². The number of unbranched alkanes of at least 4 members (excludes halogenated alkanes) is 2. The Morgan fingerprint density at radius 2 is 1.75 bits per heavy atom. The molecule has 1 aromatic heterocycles. The predicted molar refractivity (Wildman–Crippen MR) is 192 cm³/mol. The number of rotatable bonds is 16. The van der Waals surface area contributed by atoms with Crippen molar-refractivity contribution < 1.29 is 34.0 Å². The summed E-state index contributed by atoms with van der Waals surface area (Å²) >= 11 is 0. The van der Waals surface area contributed by atoms with Crippen LogP contribution in [0.15, 0.2) is 83.7 Å². The lowest BCUT2D eigenvalue weighted by Gasteiger charge is -2.43. The van der Waals surface area contributed by atoms with Crippen LogP contribution in [0, 0.1) is 5.92 Å². The maximum absolute atomic E-state index is 13.1. The molecule has 2 bridgehead atoms. The molecule has 0 spiro atoms. The fourth-order valence-corrected chi connectivity index (χ4v) is 6.92. The van der Waals surface area contributed by atoms with Gasteiger partial charge in [-0.2, -0.15) is 0 Å². The molecule has 0 radical (unpaired) electrons. The number of aromatic amines is 1. The van der Waals surface area contributed by atoms with Crippen LogP contribution in [0.4, 0.5) is 4.79 Å². The molecule has 1 amide bonds. The second-order valence-corrected chi connectivity index (χ2v) is 13.2. The van der Waals surface area contributed by atoms with E-state index < -0.39 is 24.2 Å². The summed E-state index contributed by atoms with van der Waals surface area (Å²) in [4.78, 5) is 42.1. The number of aliphatic hydroxyl groups excluding tert-OH is 1. The average molecular weight is 699 g/mol. The molecule has 51 heavy (non-hydrogen) atoms. The Morgan fingerprint density at radius 1 is 0.941 bits per heavy atom. The molecule has 12 heteroatoms. The topological polar surface area (TPSA) is 162 Å². The number of hydrogen-bond donors (Lipinski definition) is 5. The van der Waals surface area contributed by atoms with Crippen LogP contribution in [0.1, 0.15) is 60.9 Å². The molecule has 1 unspecified atom stereocenters. The number of benzene rings is 3. The number of phenolic OH excluding ortho intramolecular Hbond substituents is 1. The first-order valence-electron chi connectivity index (χ1n) is 17.7. The van der Waals surface area contributed by atoms with Crippen molar-refractivity contribution >= 4 is 23.0 Å². The maximum Gasteiger partial charge on any atom is 0.408 e. The first-order valence-corrected chi connectivity index (χ1v) is 17.7. The number of nitrogens with one attached hydrogen (secondary N) is 3. The molecule has 5 N–H and O–H groups in total. The minimum absolute atomic E-state index is 0.0485. The summed E-state index contributed by atoms with van der Waals surface area (Å²) in [5, 5.41) is 27.6. The van der Waals surface area contributed by atoms with Gasteiger partial charge < -0.3 is 40.0 Å². The van der Waals surface area contributed by atoms with Crippen LogP contribution < -0.4 is 20.9 Å². The third kappa shape index (κ3) is 9.66. The number of phenols is 1. The van der Waals surface area contributed by atoms with Gasteiger partial charge >= 0.3 is 12.1 Å². The molecule has 3 fully saturated rings. The Labute approximate surface area is 296 Å². The van der Waals surface area contributed by atoms with Crippen molar-refractivity contribution in [1.29, 1.82) is 0 Å².